The summed E-state index contributed by atoms with van der Waals surface area (Å²) in [5.74, 6) is 2.21. The third-order valence-corrected chi connectivity index (χ3v) is 6.04. The largest absolute Gasteiger partial charge is 0.497 e. The molecule has 4 heterocycles. The molecular formula is C25H23N5O2S. The number of thiocarbonyl (C=S) groups is 1. The van der Waals surface area contributed by atoms with Crippen molar-refractivity contribution in [2.75, 3.05) is 19.1 Å². The summed E-state index contributed by atoms with van der Waals surface area (Å²) in [6.45, 7) is 0. The van der Waals surface area contributed by atoms with E-state index in [0.717, 1.165) is 22.9 Å². The van der Waals surface area contributed by atoms with E-state index in [1.54, 1.807) is 26.6 Å². The molecule has 4 aromatic rings. The number of aromatic nitrogens is 3. The standard InChI is InChI=1S/C25H23N5O2S/c1-31-17-11-12-19(21(16-17)32-2)30-24(23(28-25(30)33)18-8-3-5-13-26-18)20-9-7-15-29(20)22-10-4-6-14-27-22/h3-16,23-24H,1-2H3,(H,28,33)/t23-,24+/m0/s1. The van der Waals surface area contributed by atoms with Gasteiger partial charge in [-0.05, 0) is 60.7 Å². The molecule has 5 rings (SSSR count). The molecule has 0 radical (unpaired) electrons. The second-order valence-corrected chi connectivity index (χ2v) is 7.91. The number of hydrogen-bond donors (Lipinski definition) is 1. The number of ether oxygens (including phenoxy) is 2. The lowest BCUT2D eigenvalue weighted by atomic mass is 10.0. The van der Waals surface area contributed by atoms with Crippen molar-refractivity contribution < 1.29 is 9.47 Å². The van der Waals surface area contributed by atoms with E-state index in [4.69, 9.17) is 21.7 Å². The van der Waals surface area contributed by atoms with E-state index in [0.29, 0.717) is 16.6 Å². The molecule has 0 spiro atoms. The third-order valence-electron chi connectivity index (χ3n) is 5.72. The first-order valence-electron chi connectivity index (χ1n) is 10.5. The molecule has 0 unspecified atom stereocenters. The summed E-state index contributed by atoms with van der Waals surface area (Å²) in [5.41, 5.74) is 2.76. The summed E-state index contributed by atoms with van der Waals surface area (Å²) in [4.78, 5) is 11.3. The van der Waals surface area contributed by atoms with Gasteiger partial charge in [0.15, 0.2) is 5.11 Å². The summed E-state index contributed by atoms with van der Waals surface area (Å²) in [6, 6.07) is 21.2. The molecule has 7 nitrogen and oxygen atoms in total. The monoisotopic (exact) mass is 457 g/mol. The van der Waals surface area contributed by atoms with Gasteiger partial charge in [-0.3, -0.25) is 4.98 Å². The summed E-state index contributed by atoms with van der Waals surface area (Å²) >= 11 is 5.85. The summed E-state index contributed by atoms with van der Waals surface area (Å²) in [6.07, 6.45) is 5.60. The maximum absolute atomic E-state index is 5.85. The maximum Gasteiger partial charge on any atom is 0.174 e. The first-order chi connectivity index (χ1) is 16.2. The van der Waals surface area contributed by atoms with Gasteiger partial charge in [0.25, 0.3) is 0 Å². The van der Waals surface area contributed by atoms with Gasteiger partial charge in [-0.15, -0.1) is 0 Å². The molecule has 2 atom stereocenters. The van der Waals surface area contributed by atoms with Gasteiger partial charge in [-0.2, -0.15) is 0 Å². The molecule has 0 amide bonds. The highest BCUT2D eigenvalue weighted by Gasteiger charge is 2.43. The van der Waals surface area contributed by atoms with Crippen molar-refractivity contribution in [2.45, 2.75) is 12.1 Å². The van der Waals surface area contributed by atoms with Crippen LogP contribution in [0.4, 0.5) is 5.69 Å². The molecule has 1 fully saturated rings. The Morgan fingerprint density at radius 2 is 1.73 bits per heavy atom. The Morgan fingerprint density at radius 3 is 2.42 bits per heavy atom. The highest BCUT2D eigenvalue weighted by molar-refractivity contribution is 7.80. The number of nitrogens with one attached hydrogen (secondary N) is 1. The van der Waals surface area contributed by atoms with Crippen LogP contribution < -0.4 is 19.7 Å². The van der Waals surface area contributed by atoms with E-state index < -0.39 is 0 Å². The Balaban J connectivity index is 1.69. The van der Waals surface area contributed by atoms with Gasteiger partial charge in [0.1, 0.15) is 23.4 Å². The molecule has 3 aromatic heterocycles. The number of nitrogens with zero attached hydrogens (tertiary/aromatic N) is 4. The zero-order valence-corrected chi connectivity index (χ0v) is 19.1. The predicted octanol–water partition coefficient (Wildman–Crippen LogP) is 4.46. The van der Waals surface area contributed by atoms with E-state index in [1.165, 1.54) is 0 Å². The van der Waals surface area contributed by atoms with E-state index in [9.17, 15) is 0 Å². The molecule has 166 valence electrons. The maximum atomic E-state index is 5.85. The minimum absolute atomic E-state index is 0.178. The van der Waals surface area contributed by atoms with Gasteiger partial charge < -0.3 is 24.3 Å². The number of pyridine rings is 2. The van der Waals surface area contributed by atoms with Crippen LogP contribution in [0.25, 0.3) is 5.82 Å². The Labute approximate surface area is 197 Å². The smallest absolute Gasteiger partial charge is 0.174 e. The normalized spacial score (nSPS) is 17.6. The fourth-order valence-corrected chi connectivity index (χ4v) is 4.58. The molecule has 33 heavy (non-hydrogen) atoms. The SMILES string of the molecule is COc1ccc(N2C(=S)N[C@@H](c3ccccn3)[C@H]2c2cccn2-c2ccccn2)c(OC)c1. The second-order valence-electron chi connectivity index (χ2n) is 7.53. The third kappa shape index (κ3) is 3.78. The molecular weight excluding hydrogens is 434 g/mol. The van der Waals surface area contributed by atoms with Crippen LogP contribution in [0.2, 0.25) is 0 Å². The molecule has 1 N–H and O–H groups in total. The van der Waals surface area contributed by atoms with Crippen molar-refractivity contribution >= 4 is 23.0 Å². The number of rotatable bonds is 6. The van der Waals surface area contributed by atoms with Crippen LogP contribution in [0.5, 0.6) is 11.5 Å². The highest BCUT2D eigenvalue weighted by Crippen LogP contribution is 2.45. The quantitative estimate of drug-likeness (QED) is 0.429. The van der Waals surface area contributed by atoms with Crippen LogP contribution in [0.15, 0.2) is 85.3 Å². The Hall–Kier alpha value is -3.91. The van der Waals surface area contributed by atoms with Gasteiger partial charge in [0.05, 0.1) is 31.6 Å². The predicted molar refractivity (Wildman–Crippen MR) is 131 cm³/mol. The average molecular weight is 458 g/mol. The van der Waals surface area contributed by atoms with E-state index >= 15 is 0 Å². The van der Waals surface area contributed by atoms with Crippen LogP contribution in [0, 0.1) is 0 Å². The van der Waals surface area contributed by atoms with Crippen LogP contribution in [-0.4, -0.2) is 33.9 Å². The minimum Gasteiger partial charge on any atom is -0.497 e. The van der Waals surface area contributed by atoms with E-state index in [-0.39, 0.29) is 12.1 Å². The summed E-state index contributed by atoms with van der Waals surface area (Å²) in [7, 11) is 3.28. The van der Waals surface area contributed by atoms with Crippen molar-refractivity contribution in [1.29, 1.82) is 0 Å². The molecule has 0 saturated carbocycles. The average Bonchev–Trinajstić information content (AvgIpc) is 3.49. The molecule has 0 bridgehead atoms. The second kappa shape index (κ2) is 8.91. The van der Waals surface area contributed by atoms with E-state index in [1.807, 2.05) is 66.9 Å². The highest BCUT2D eigenvalue weighted by atomic mass is 32.1. The van der Waals surface area contributed by atoms with Crippen LogP contribution in [-0.2, 0) is 0 Å². The molecule has 1 aliphatic rings. The minimum atomic E-state index is -0.202. The zero-order chi connectivity index (χ0) is 22.8. The number of hydrogen-bond acceptors (Lipinski definition) is 5. The lowest BCUT2D eigenvalue weighted by Gasteiger charge is -2.29. The number of benzene rings is 1. The summed E-state index contributed by atoms with van der Waals surface area (Å²) in [5, 5.41) is 4.08. The fraction of sp³-hybridized carbons (Fsp3) is 0.160. The number of methoxy groups -OCH3 is 2. The lowest BCUT2D eigenvalue weighted by Crippen LogP contribution is -2.30. The van der Waals surface area contributed by atoms with Gasteiger partial charge in [-0.1, -0.05) is 12.1 Å². The molecule has 8 heteroatoms. The topological polar surface area (TPSA) is 64.4 Å². The van der Waals surface area contributed by atoms with Crippen molar-refractivity contribution in [1.82, 2.24) is 19.9 Å². The van der Waals surface area contributed by atoms with Gasteiger partial charge in [-0.25, -0.2) is 4.98 Å². The lowest BCUT2D eigenvalue weighted by molar-refractivity contribution is 0.394. The van der Waals surface area contributed by atoms with Crippen LogP contribution >= 0.6 is 12.2 Å². The van der Waals surface area contributed by atoms with Crippen LogP contribution in [0.3, 0.4) is 0 Å². The van der Waals surface area contributed by atoms with Crippen molar-refractivity contribution in [3.8, 4) is 17.3 Å². The van der Waals surface area contributed by atoms with E-state index in [2.05, 4.69) is 30.8 Å². The Morgan fingerprint density at radius 1 is 0.909 bits per heavy atom. The molecule has 1 aliphatic heterocycles. The molecule has 1 saturated heterocycles. The zero-order valence-electron chi connectivity index (χ0n) is 18.3. The first-order valence-corrected chi connectivity index (χ1v) is 10.9. The summed E-state index contributed by atoms with van der Waals surface area (Å²) < 4.78 is 13.2. The molecule has 0 aliphatic carbocycles. The van der Waals surface area contributed by atoms with Crippen molar-refractivity contribution in [3.05, 3.63) is 96.7 Å². The Bertz CT molecular complexity index is 1260. The van der Waals surface area contributed by atoms with Crippen molar-refractivity contribution in [2.24, 2.45) is 0 Å². The fourth-order valence-electron chi connectivity index (χ4n) is 4.24. The molecule has 1 aromatic carbocycles. The van der Waals surface area contributed by atoms with Crippen molar-refractivity contribution in [3.63, 3.8) is 0 Å². The first kappa shape index (κ1) is 21.0. The van der Waals surface area contributed by atoms with Gasteiger partial charge in [0.2, 0.25) is 0 Å². The van der Waals surface area contributed by atoms with Crippen LogP contribution in [0.1, 0.15) is 23.5 Å². The van der Waals surface area contributed by atoms with Gasteiger partial charge in [0, 0.05) is 30.4 Å². The van der Waals surface area contributed by atoms with Gasteiger partial charge >= 0.3 is 0 Å². The number of anilines is 1. The Kier molecular flexibility index (Phi) is 5.66.